The van der Waals surface area contributed by atoms with E-state index in [9.17, 15) is 9.59 Å². The molecular formula is C25H35N3O3S. The summed E-state index contributed by atoms with van der Waals surface area (Å²) in [7, 11) is 0. The first-order valence-electron chi connectivity index (χ1n) is 11.3. The number of hydrogen-bond acceptors (Lipinski definition) is 4. The molecule has 1 atom stereocenters. The molecule has 174 valence electrons. The van der Waals surface area contributed by atoms with E-state index in [1.807, 2.05) is 63.8 Å². The summed E-state index contributed by atoms with van der Waals surface area (Å²) >= 11 is 1.73. The fourth-order valence-electron chi connectivity index (χ4n) is 3.85. The second-order valence-electron chi connectivity index (χ2n) is 9.27. The minimum atomic E-state index is -0.468. The highest BCUT2D eigenvalue weighted by atomic mass is 32.1. The van der Waals surface area contributed by atoms with Gasteiger partial charge in [0.15, 0.2) is 0 Å². The zero-order valence-corrected chi connectivity index (χ0v) is 20.6. The van der Waals surface area contributed by atoms with Crippen LogP contribution < -0.4 is 10.1 Å². The Balaban J connectivity index is 1.77. The van der Waals surface area contributed by atoms with E-state index in [1.165, 1.54) is 10.4 Å². The number of nitrogens with zero attached hydrogens (tertiary/aromatic N) is 2. The van der Waals surface area contributed by atoms with Gasteiger partial charge in [-0.15, -0.1) is 11.3 Å². The summed E-state index contributed by atoms with van der Waals surface area (Å²) in [5.41, 5.74) is 1.86. The summed E-state index contributed by atoms with van der Waals surface area (Å²) in [6.45, 7) is 11.6. The van der Waals surface area contributed by atoms with E-state index in [-0.39, 0.29) is 24.5 Å². The van der Waals surface area contributed by atoms with Gasteiger partial charge in [0.05, 0.1) is 6.04 Å². The van der Waals surface area contributed by atoms with Crippen molar-refractivity contribution in [2.45, 2.75) is 59.0 Å². The Morgan fingerprint density at radius 1 is 1.22 bits per heavy atom. The van der Waals surface area contributed by atoms with Crippen LogP contribution >= 0.6 is 11.3 Å². The lowest BCUT2D eigenvalue weighted by molar-refractivity contribution is -0.136. The van der Waals surface area contributed by atoms with Gasteiger partial charge in [-0.3, -0.25) is 4.79 Å². The van der Waals surface area contributed by atoms with Crippen molar-refractivity contribution >= 4 is 23.3 Å². The van der Waals surface area contributed by atoms with Crippen molar-refractivity contribution in [2.24, 2.45) is 0 Å². The lowest BCUT2D eigenvalue weighted by atomic mass is 10.00. The molecule has 6 nitrogen and oxygen atoms in total. The van der Waals surface area contributed by atoms with E-state index in [0.717, 1.165) is 24.2 Å². The molecule has 0 saturated heterocycles. The van der Waals surface area contributed by atoms with Crippen LogP contribution in [0.25, 0.3) is 0 Å². The van der Waals surface area contributed by atoms with E-state index in [1.54, 1.807) is 16.2 Å². The molecule has 1 aliphatic rings. The molecule has 1 aliphatic heterocycles. The summed E-state index contributed by atoms with van der Waals surface area (Å²) in [5, 5.41) is 4.99. The van der Waals surface area contributed by atoms with Crippen LogP contribution in [-0.2, 0) is 11.2 Å². The van der Waals surface area contributed by atoms with E-state index in [2.05, 4.69) is 16.8 Å². The van der Waals surface area contributed by atoms with E-state index < -0.39 is 5.54 Å². The average molecular weight is 458 g/mol. The highest BCUT2D eigenvalue weighted by Crippen LogP contribution is 2.34. The third-order valence-corrected chi connectivity index (χ3v) is 6.72. The Kier molecular flexibility index (Phi) is 7.82. The first-order valence-corrected chi connectivity index (χ1v) is 12.2. The molecule has 2 heterocycles. The molecule has 3 rings (SSSR count). The van der Waals surface area contributed by atoms with E-state index >= 15 is 0 Å². The molecule has 1 aromatic carbocycles. The summed E-state index contributed by atoms with van der Waals surface area (Å²) < 4.78 is 6.10. The third-order valence-electron chi connectivity index (χ3n) is 5.72. The van der Waals surface area contributed by atoms with Gasteiger partial charge in [0.1, 0.15) is 18.9 Å². The van der Waals surface area contributed by atoms with Crippen molar-refractivity contribution in [3.05, 3.63) is 51.7 Å². The second kappa shape index (κ2) is 10.4. The second-order valence-corrected chi connectivity index (χ2v) is 10.3. The molecule has 1 unspecified atom stereocenters. The van der Waals surface area contributed by atoms with Crippen LogP contribution in [0.2, 0.25) is 0 Å². The summed E-state index contributed by atoms with van der Waals surface area (Å²) in [6.07, 6.45) is 1.68. The standard InChI is InChI=1S/C25H35N3O3S/c1-6-13-26-24(30)28(25(3,4)5)16-23(29)27-14-11-22-20(12-15-32-22)21(27)17-31-19-9-7-18(2)8-10-19/h7-10,12,15,21H,6,11,13-14,16-17H2,1-5H3,(H,26,30). The number of rotatable bonds is 7. The number of hydrogen-bond donors (Lipinski definition) is 1. The number of ether oxygens (including phenoxy) is 1. The lowest BCUT2D eigenvalue weighted by Crippen LogP contribution is -2.55. The number of benzene rings is 1. The first kappa shape index (κ1) is 24.1. The van der Waals surface area contributed by atoms with Gasteiger partial charge in [-0.2, -0.15) is 0 Å². The highest BCUT2D eigenvalue weighted by Gasteiger charge is 2.35. The topological polar surface area (TPSA) is 61.9 Å². The Hall–Kier alpha value is -2.54. The smallest absolute Gasteiger partial charge is 0.318 e. The molecule has 3 amide bonds. The number of aryl methyl sites for hydroxylation is 1. The molecule has 32 heavy (non-hydrogen) atoms. The highest BCUT2D eigenvalue weighted by molar-refractivity contribution is 7.10. The molecule has 0 saturated carbocycles. The molecule has 0 spiro atoms. The van der Waals surface area contributed by atoms with Crippen LogP contribution in [0.15, 0.2) is 35.7 Å². The minimum absolute atomic E-state index is 0.0412. The normalized spacial score (nSPS) is 15.8. The van der Waals surface area contributed by atoms with Crippen molar-refractivity contribution in [1.29, 1.82) is 0 Å². The summed E-state index contributed by atoms with van der Waals surface area (Å²) in [4.78, 5) is 31.1. The number of carbonyl (C=O) groups excluding carboxylic acids is 2. The zero-order chi connectivity index (χ0) is 23.3. The number of thiophene rings is 1. The van der Waals surface area contributed by atoms with Crippen LogP contribution in [0.5, 0.6) is 5.75 Å². The van der Waals surface area contributed by atoms with Crippen molar-refractivity contribution < 1.29 is 14.3 Å². The molecule has 1 aromatic heterocycles. The van der Waals surface area contributed by atoms with Crippen LogP contribution in [0.4, 0.5) is 4.79 Å². The number of urea groups is 1. The fraction of sp³-hybridized carbons (Fsp3) is 0.520. The molecular weight excluding hydrogens is 422 g/mol. The average Bonchev–Trinajstić information content (AvgIpc) is 3.23. The zero-order valence-electron chi connectivity index (χ0n) is 19.8. The van der Waals surface area contributed by atoms with Crippen LogP contribution in [0.1, 0.15) is 56.2 Å². The minimum Gasteiger partial charge on any atom is -0.491 e. The molecule has 2 aromatic rings. The molecule has 0 bridgehead atoms. The molecule has 7 heteroatoms. The van der Waals surface area contributed by atoms with Crippen molar-refractivity contribution in [2.75, 3.05) is 26.2 Å². The van der Waals surface area contributed by atoms with Gasteiger partial charge in [0.2, 0.25) is 5.91 Å². The number of fused-ring (bicyclic) bond motifs is 1. The van der Waals surface area contributed by atoms with Gasteiger partial charge in [-0.05, 0) is 69.7 Å². The SMILES string of the molecule is CCCNC(=O)N(CC(=O)N1CCc2sccc2C1COc1ccc(C)cc1)C(C)(C)C. The molecule has 0 fully saturated rings. The van der Waals surface area contributed by atoms with Gasteiger partial charge in [-0.25, -0.2) is 4.79 Å². The Bertz CT molecular complexity index is 917. The largest absolute Gasteiger partial charge is 0.491 e. The molecule has 1 N–H and O–H groups in total. The van der Waals surface area contributed by atoms with Gasteiger partial charge < -0.3 is 19.9 Å². The van der Waals surface area contributed by atoms with Gasteiger partial charge in [0.25, 0.3) is 0 Å². The maximum absolute atomic E-state index is 13.5. The maximum atomic E-state index is 13.5. The third kappa shape index (κ3) is 5.82. The van der Waals surface area contributed by atoms with Crippen LogP contribution in [0.3, 0.4) is 0 Å². The predicted molar refractivity (Wildman–Crippen MR) is 129 cm³/mol. The Morgan fingerprint density at radius 2 is 1.94 bits per heavy atom. The van der Waals surface area contributed by atoms with E-state index in [0.29, 0.717) is 19.7 Å². The van der Waals surface area contributed by atoms with Crippen molar-refractivity contribution in [1.82, 2.24) is 15.1 Å². The Morgan fingerprint density at radius 3 is 2.59 bits per heavy atom. The molecule has 0 aliphatic carbocycles. The number of carbonyl (C=O) groups is 2. The summed E-state index contributed by atoms with van der Waals surface area (Å²) in [6, 6.07) is 9.68. The van der Waals surface area contributed by atoms with Crippen LogP contribution in [0, 0.1) is 6.92 Å². The van der Waals surface area contributed by atoms with Crippen molar-refractivity contribution in [3.8, 4) is 5.75 Å². The summed E-state index contributed by atoms with van der Waals surface area (Å²) in [5.74, 6) is 0.738. The van der Waals surface area contributed by atoms with Gasteiger partial charge >= 0.3 is 6.03 Å². The quantitative estimate of drug-likeness (QED) is 0.651. The Labute approximate surface area is 195 Å². The van der Waals surface area contributed by atoms with Gasteiger partial charge in [0, 0.05) is 23.5 Å². The maximum Gasteiger partial charge on any atom is 0.318 e. The van der Waals surface area contributed by atoms with Crippen molar-refractivity contribution in [3.63, 3.8) is 0 Å². The molecule has 0 radical (unpaired) electrons. The predicted octanol–water partition coefficient (Wildman–Crippen LogP) is 4.78. The lowest BCUT2D eigenvalue weighted by Gasteiger charge is -2.40. The van der Waals surface area contributed by atoms with Crippen LogP contribution in [-0.4, -0.2) is 53.5 Å². The first-order chi connectivity index (χ1) is 15.2. The van der Waals surface area contributed by atoms with E-state index in [4.69, 9.17) is 4.74 Å². The fourth-order valence-corrected chi connectivity index (χ4v) is 4.78. The van der Waals surface area contributed by atoms with Gasteiger partial charge in [-0.1, -0.05) is 24.6 Å². The number of nitrogens with one attached hydrogen (secondary N) is 1. The number of amides is 3. The monoisotopic (exact) mass is 457 g/mol.